The maximum absolute atomic E-state index is 11.8. The molecule has 6 heteroatoms. The minimum Gasteiger partial charge on any atom is -0.349 e. The quantitative estimate of drug-likeness (QED) is 0.827. The Morgan fingerprint density at radius 2 is 2.25 bits per heavy atom. The van der Waals surface area contributed by atoms with Gasteiger partial charge in [0.15, 0.2) is 0 Å². The van der Waals surface area contributed by atoms with Crippen LogP contribution in [0.1, 0.15) is 31.3 Å². The molecule has 6 nitrogen and oxygen atoms in total. The van der Waals surface area contributed by atoms with Crippen molar-refractivity contribution in [1.29, 1.82) is 0 Å². The Balaban J connectivity index is 1.77. The number of nitrogens with one attached hydrogen (secondary N) is 1. The second-order valence-corrected chi connectivity index (χ2v) is 4.76. The van der Waals surface area contributed by atoms with Gasteiger partial charge >= 0.3 is 0 Å². The summed E-state index contributed by atoms with van der Waals surface area (Å²) in [6.45, 7) is 3.54. The predicted octanol–water partition coefficient (Wildman–Crippen LogP) is 1.28. The smallest absolute Gasteiger partial charge is 0.220 e. The first kappa shape index (κ1) is 14.3. The van der Waals surface area contributed by atoms with Crippen LogP contribution in [0.4, 0.5) is 0 Å². The third kappa shape index (κ3) is 3.69. The predicted molar refractivity (Wildman–Crippen MR) is 75.9 cm³/mol. The minimum absolute atomic E-state index is 0.0391. The summed E-state index contributed by atoms with van der Waals surface area (Å²) < 4.78 is 3.86. The van der Waals surface area contributed by atoms with E-state index in [1.165, 1.54) is 0 Å². The van der Waals surface area contributed by atoms with Gasteiger partial charge in [0.2, 0.25) is 5.91 Å². The van der Waals surface area contributed by atoms with Gasteiger partial charge in [-0.2, -0.15) is 5.10 Å². The first-order valence-corrected chi connectivity index (χ1v) is 6.94. The Hall–Kier alpha value is -2.11. The number of carbonyl (C=O) groups is 1. The van der Waals surface area contributed by atoms with Crippen LogP contribution in [0.25, 0.3) is 0 Å². The van der Waals surface area contributed by atoms with Crippen molar-refractivity contribution in [3.63, 3.8) is 0 Å². The molecule has 0 saturated heterocycles. The highest BCUT2D eigenvalue weighted by atomic mass is 16.1. The Morgan fingerprint density at radius 1 is 1.40 bits per heavy atom. The number of amides is 1. The highest BCUT2D eigenvalue weighted by Gasteiger charge is 2.07. The number of imidazole rings is 1. The van der Waals surface area contributed by atoms with Crippen molar-refractivity contribution < 1.29 is 4.79 Å². The lowest BCUT2D eigenvalue weighted by atomic mass is 10.2. The van der Waals surface area contributed by atoms with E-state index in [2.05, 4.69) is 26.9 Å². The standard InChI is InChI=1S/C14H21N5O/c1-3-9-19-10-8-15-13(19)11-16-14(20)5-4-12-6-7-17-18(12)2/h6-8,10H,3-5,9,11H2,1-2H3,(H,16,20). The zero-order valence-electron chi connectivity index (χ0n) is 12.0. The largest absolute Gasteiger partial charge is 0.349 e. The first-order chi connectivity index (χ1) is 9.70. The number of nitrogens with zero attached hydrogens (tertiary/aromatic N) is 4. The van der Waals surface area contributed by atoms with E-state index < -0.39 is 0 Å². The fourth-order valence-electron chi connectivity index (χ4n) is 2.11. The van der Waals surface area contributed by atoms with Gasteiger partial charge < -0.3 is 9.88 Å². The molecule has 1 N–H and O–H groups in total. The van der Waals surface area contributed by atoms with Crippen molar-refractivity contribution in [2.45, 2.75) is 39.3 Å². The number of hydrogen-bond donors (Lipinski definition) is 1. The second-order valence-electron chi connectivity index (χ2n) is 4.76. The Bertz CT molecular complexity index is 557. The molecule has 2 rings (SSSR count). The van der Waals surface area contributed by atoms with Crippen LogP contribution in [0.2, 0.25) is 0 Å². The molecule has 0 radical (unpaired) electrons. The van der Waals surface area contributed by atoms with Crippen LogP contribution in [0.15, 0.2) is 24.7 Å². The normalized spacial score (nSPS) is 10.7. The van der Waals surface area contributed by atoms with E-state index in [1.807, 2.05) is 19.3 Å². The van der Waals surface area contributed by atoms with Gasteiger partial charge in [0, 0.05) is 44.3 Å². The van der Waals surface area contributed by atoms with Crippen LogP contribution >= 0.6 is 0 Å². The third-order valence-corrected chi connectivity index (χ3v) is 3.24. The van der Waals surface area contributed by atoms with E-state index >= 15 is 0 Å². The molecule has 2 aromatic heterocycles. The molecule has 0 aliphatic carbocycles. The topological polar surface area (TPSA) is 64.7 Å². The van der Waals surface area contributed by atoms with E-state index in [0.717, 1.165) is 24.5 Å². The van der Waals surface area contributed by atoms with Crippen molar-refractivity contribution in [2.75, 3.05) is 0 Å². The molecule has 0 bridgehead atoms. The first-order valence-electron chi connectivity index (χ1n) is 6.94. The van der Waals surface area contributed by atoms with Gasteiger partial charge in [-0.15, -0.1) is 0 Å². The zero-order valence-corrected chi connectivity index (χ0v) is 12.0. The lowest BCUT2D eigenvalue weighted by Gasteiger charge is -2.08. The summed E-state index contributed by atoms with van der Waals surface area (Å²) in [5.41, 5.74) is 1.06. The van der Waals surface area contributed by atoms with Crippen molar-refractivity contribution in [3.8, 4) is 0 Å². The van der Waals surface area contributed by atoms with Gasteiger partial charge in [0.25, 0.3) is 0 Å². The summed E-state index contributed by atoms with van der Waals surface area (Å²) in [4.78, 5) is 16.1. The van der Waals surface area contributed by atoms with E-state index in [1.54, 1.807) is 17.1 Å². The van der Waals surface area contributed by atoms with Crippen LogP contribution < -0.4 is 5.32 Å². The maximum Gasteiger partial charge on any atom is 0.220 e. The zero-order chi connectivity index (χ0) is 14.4. The molecular formula is C14H21N5O. The molecule has 0 aliphatic rings. The van der Waals surface area contributed by atoms with Crippen LogP contribution in [0.3, 0.4) is 0 Å². The lowest BCUT2D eigenvalue weighted by molar-refractivity contribution is -0.121. The summed E-state index contributed by atoms with van der Waals surface area (Å²) >= 11 is 0. The molecule has 0 aromatic carbocycles. The van der Waals surface area contributed by atoms with E-state index in [-0.39, 0.29) is 5.91 Å². The summed E-state index contributed by atoms with van der Waals surface area (Å²) in [6, 6.07) is 1.93. The molecule has 0 unspecified atom stereocenters. The van der Waals surface area contributed by atoms with Gasteiger partial charge in [0.1, 0.15) is 5.82 Å². The number of aromatic nitrogens is 4. The SMILES string of the molecule is CCCn1ccnc1CNC(=O)CCc1ccnn1C. The molecule has 0 atom stereocenters. The van der Waals surface area contributed by atoms with Crippen molar-refractivity contribution in [3.05, 3.63) is 36.2 Å². The average Bonchev–Trinajstić information content (AvgIpc) is 3.04. The fraction of sp³-hybridized carbons (Fsp3) is 0.500. The van der Waals surface area contributed by atoms with Gasteiger partial charge in [-0.05, 0) is 18.9 Å². The molecule has 0 aliphatic heterocycles. The molecule has 2 heterocycles. The van der Waals surface area contributed by atoms with Crippen LogP contribution in [-0.2, 0) is 31.4 Å². The number of aryl methyl sites for hydroxylation is 3. The molecule has 108 valence electrons. The number of hydrogen-bond acceptors (Lipinski definition) is 3. The van der Waals surface area contributed by atoms with Crippen molar-refractivity contribution >= 4 is 5.91 Å². The molecule has 2 aromatic rings. The molecule has 0 spiro atoms. The highest BCUT2D eigenvalue weighted by molar-refractivity contribution is 5.75. The van der Waals surface area contributed by atoms with Gasteiger partial charge in [-0.3, -0.25) is 9.48 Å². The Morgan fingerprint density at radius 3 is 2.95 bits per heavy atom. The molecular weight excluding hydrogens is 254 g/mol. The van der Waals surface area contributed by atoms with E-state index in [0.29, 0.717) is 19.4 Å². The number of rotatable bonds is 7. The van der Waals surface area contributed by atoms with Crippen LogP contribution in [-0.4, -0.2) is 25.2 Å². The lowest BCUT2D eigenvalue weighted by Crippen LogP contribution is -2.25. The number of carbonyl (C=O) groups excluding carboxylic acids is 1. The van der Waals surface area contributed by atoms with Gasteiger partial charge in [0.05, 0.1) is 6.54 Å². The summed E-state index contributed by atoms with van der Waals surface area (Å²) in [5, 5.41) is 7.00. The van der Waals surface area contributed by atoms with Crippen LogP contribution in [0.5, 0.6) is 0 Å². The highest BCUT2D eigenvalue weighted by Crippen LogP contribution is 2.02. The Kier molecular flexibility index (Phi) is 4.92. The second kappa shape index (κ2) is 6.88. The summed E-state index contributed by atoms with van der Waals surface area (Å²) in [7, 11) is 1.88. The third-order valence-electron chi connectivity index (χ3n) is 3.24. The van der Waals surface area contributed by atoms with E-state index in [9.17, 15) is 4.79 Å². The summed E-state index contributed by atoms with van der Waals surface area (Å²) in [6.07, 6.45) is 7.68. The summed E-state index contributed by atoms with van der Waals surface area (Å²) in [5.74, 6) is 0.943. The van der Waals surface area contributed by atoms with Crippen molar-refractivity contribution in [2.24, 2.45) is 7.05 Å². The fourth-order valence-corrected chi connectivity index (χ4v) is 2.11. The van der Waals surface area contributed by atoms with Crippen LogP contribution in [0, 0.1) is 0 Å². The Labute approximate surface area is 118 Å². The maximum atomic E-state index is 11.8. The minimum atomic E-state index is 0.0391. The molecule has 1 amide bonds. The van der Waals surface area contributed by atoms with Gasteiger partial charge in [-0.1, -0.05) is 6.92 Å². The molecule has 0 saturated carbocycles. The average molecular weight is 275 g/mol. The molecule has 0 fully saturated rings. The monoisotopic (exact) mass is 275 g/mol. The molecule has 20 heavy (non-hydrogen) atoms. The van der Waals surface area contributed by atoms with Crippen molar-refractivity contribution in [1.82, 2.24) is 24.6 Å². The van der Waals surface area contributed by atoms with Gasteiger partial charge in [-0.25, -0.2) is 4.98 Å². The van der Waals surface area contributed by atoms with E-state index in [4.69, 9.17) is 0 Å².